The minimum absolute atomic E-state index is 0.228. The second kappa shape index (κ2) is 6.46. The number of ether oxygens (including phenoxy) is 1. The van der Waals surface area contributed by atoms with Crippen molar-refractivity contribution < 1.29 is 9.84 Å². The van der Waals surface area contributed by atoms with Crippen LogP contribution >= 0.6 is 15.9 Å². The van der Waals surface area contributed by atoms with Gasteiger partial charge in [-0.3, -0.25) is 4.90 Å². The molecule has 1 N–H and O–H groups in total. The molecule has 0 bridgehead atoms. The minimum atomic E-state index is 0.228. The zero-order chi connectivity index (χ0) is 13.9. The molecule has 2 atom stereocenters. The maximum absolute atomic E-state index is 9.58. The standard InChI is InChI=1S/C16H22BrNO2/c17-13-5-6-16-12(8-13)9-15(20-16)10-18-7-3-1-2-4-14(18)11-19/h5-6,8,14-15,19H,1-4,7,9-11H2. The summed E-state index contributed by atoms with van der Waals surface area (Å²) in [4.78, 5) is 2.43. The van der Waals surface area contributed by atoms with Crippen LogP contribution < -0.4 is 4.74 Å². The molecule has 1 saturated heterocycles. The summed E-state index contributed by atoms with van der Waals surface area (Å²) in [6, 6.07) is 6.55. The number of benzene rings is 1. The molecule has 2 heterocycles. The summed E-state index contributed by atoms with van der Waals surface area (Å²) in [5.74, 6) is 1.02. The van der Waals surface area contributed by atoms with Crippen molar-refractivity contribution in [3.8, 4) is 5.75 Å². The number of fused-ring (bicyclic) bond motifs is 1. The van der Waals surface area contributed by atoms with Gasteiger partial charge in [0.25, 0.3) is 0 Å². The third kappa shape index (κ3) is 3.18. The van der Waals surface area contributed by atoms with Crippen LogP contribution in [0.2, 0.25) is 0 Å². The highest BCUT2D eigenvalue weighted by atomic mass is 79.9. The van der Waals surface area contributed by atoms with E-state index in [1.165, 1.54) is 24.8 Å². The Bertz CT molecular complexity index is 466. The van der Waals surface area contributed by atoms with Crippen LogP contribution in [-0.2, 0) is 6.42 Å². The number of likely N-dealkylation sites (tertiary alicyclic amines) is 1. The van der Waals surface area contributed by atoms with Gasteiger partial charge in [-0.15, -0.1) is 0 Å². The molecule has 2 aliphatic heterocycles. The molecule has 3 rings (SSSR count). The molecular formula is C16H22BrNO2. The van der Waals surface area contributed by atoms with Crippen molar-refractivity contribution in [3.63, 3.8) is 0 Å². The smallest absolute Gasteiger partial charge is 0.123 e. The first-order valence-corrected chi connectivity index (χ1v) is 8.35. The first-order chi connectivity index (χ1) is 9.76. The molecule has 1 fully saturated rings. The summed E-state index contributed by atoms with van der Waals surface area (Å²) >= 11 is 3.52. The maximum Gasteiger partial charge on any atom is 0.123 e. The van der Waals surface area contributed by atoms with Gasteiger partial charge in [-0.05, 0) is 43.1 Å². The third-order valence-corrected chi connectivity index (χ3v) is 4.90. The zero-order valence-electron chi connectivity index (χ0n) is 11.7. The van der Waals surface area contributed by atoms with Crippen molar-refractivity contribution in [1.29, 1.82) is 0 Å². The van der Waals surface area contributed by atoms with Crippen LogP contribution in [-0.4, -0.2) is 41.8 Å². The molecule has 0 radical (unpaired) electrons. The minimum Gasteiger partial charge on any atom is -0.488 e. The van der Waals surface area contributed by atoms with E-state index in [2.05, 4.69) is 26.9 Å². The van der Waals surface area contributed by atoms with Gasteiger partial charge in [0, 0.05) is 23.5 Å². The zero-order valence-corrected chi connectivity index (χ0v) is 13.3. The SMILES string of the molecule is OCC1CCCCCN1CC1Cc2cc(Br)ccc2O1. The molecule has 4 heteroatoms. The van der Waals surface area contributed by atoms with E-state index in [1.54, 1.807) is 0 Å². The number of hydrogen-bond donors (Lipinski definition) is 1. The summed E-state index contributed by atoms with van der Waals surface area (Å²) in [5, 5.41) is 9.58. The summed E-state index contributed by atoms with van der Waals surface area (Å²) < 4.78 is 7.17. The fourth-order valence-corrected chi connectivity index (χ4v) is 3.74. The lowest BCUT2D eigenvalue weighted by molar-refractivity contribution is 0.0830. The van der Waals surface area contributed by atoms with Gasteiger partial charge in [-0.2, -0.15) is 0 Å². The number of aliphatic hydroxyl groups excluding tert-OH is 1. The van der Waals surface area contributed by atoms with Crippen molar-refractivity contribution in [1.82, 2.24) is 4.90 Å². The van der Waals surface area contributed by atoms with E-state index in [0.717, 1.165) is 36.2 Å². The lowest BCUT2D eigenvalue weighted by Crippen LogP contribution is -2.43. The quantitative estimate of drug-likeness (QED) is 0.918. The van der Waals surface area contributed by atoms with E-state index >= 15 is 0 Å². The molecule has 1 aromatic rings. The summed E-state index contributed by atoms with van der Waals surface area (Å²) in [5.41, 5.74) is 1.29. The topological polar surface area (TPSA) is 32.7 Å². The van der Waals surface area contributed by atoms with Crippen LogP contribution in [0.3, 0.4) is 0 Å². The molecular weight excluding hydrogens is 318 g/mol. The van der Waals surface area contributed by atoms with Gasteiger partial charge in [0.1, 0.15) is 11.9 Å². The molecule has 3 nitrogen and oxygen atoms in total. The first kappa shape index (κ1) is 14.4. The third-order valence-electron chi connectivity index (χ3n) is 4.41. The lowest BCUT2D eigenvalue weighted by atomic mass is 10.1. The number of hydrogen-bond acceptors (Lipinski definition) is 3. The van der Waals surface area contributed by atoms with Crippen molar-refractivity contribution >= 4 is 15.9 Å². The van der Waals surface area contributed by atoms with Crippen LogP contribution in [0, 0.1) is 0 Å². The Labute approximate surface area is 129 Å². The van der Waals surface area contributed by atoms with Gasteiger partial charge in [-0.25, -0.2) is 0 Å². The van der Waals surface area contributed by atoms with E-state index < -0.39 is 0 Å². The second-order valence-electron chi connectivity index (χ2n) is 5.88. The van der Waals surface area contributed by atoms with Gasteiger partial charge in [0.05, 0.1) is 6.61 Å². The van der Waals surface area contributed by atoms with E-state index in [4.69, 9.17) is 4.74 Å². The largest absolute Gasteiger partial charge is 0.488 e. The Morgan fingerprint density at radius 2 is 2.20 bits per heavy atom. The fourth-order valence-electron chi connectivity index (χ4n) is 3.34. The lowest BCUT2D eigenvalue weighted by Gasteiger charge is -2.30. The Balaban J connectivity index is 1.64. The molecule has 2 aliphatic rings. The summed E-state index contributed by atoms with van der Waals surface area (Å²) in [6.07, 6.45) is 6.07. The molecule has 0 aromatic heterocycles. The van der Waals surface area contributed by atoms with Crippen LogP contribution in [0.4, 0.5) is 0 Å². The average molecular weight is 340 g/mol. The highest BCUT2D eigenvalue weighted by Crippen LogP contribution is 2.32. The van der Waals surface area contributed by atoms with E-state index in [-0.39, 0.29) is 12.7 Å². The van der Waals surface area contributed by atoms with E-state index in [9.17, 15) is 5.11 Å². The van der Waals surface area contributed by atoms with Gasteiger partial charge < -0.3 is 9.84 Å². The second-order valence-corrected chi connectivity index (χ2v) is 6.79. The van der Waals surface area contributed by atoms with Gasteiger partial charge in [0.2, 0.25) is 0 Å². The molecule has 1 aromatic carbocycles. The van der Waals surface area contributed by atoms with Crippen LogP contribution in [0.25, 0.3) is 0 Å². The molecule has 0 aliphatic carbocycles. The van der Waals surface area contributed by atoms with Gasteiger partial charge >= 0.3 is 0 Å². The predicted octanol–water partition coefficient (Wildman–Crippen LogP) is 2.99. The van der Waals surface area contributed by atoms with Crippen LogP contribution in [0.5, 0.6) is 5.75 Å². The van der Waals surface area contributed by atoms with Crippen molar-refractivity contribution in [2.45, 2.75) is 44.2 Å². The van der Waals surface area contributed by atoms with Crippen LogP contribution in [0.1, 0.15) is 31.2 Å². The normalized spacial score (nSPS) is 26.9. The fraction of sp³-hybridized carbons (Fsp3) is 0.625. The van der Waals surface area contributed by atoms with E-state index in [1.807, 2.05) is 12.1 Å². The monoisotopic (exact) mass is 339 g/mol. The van der Waals surface area contributed by atoms with E-state index in [0.29, 0.717) is 6.04 Å². The summed E-state index contributed by atoms with van der Waals surface area (Å²) in [6.45, 7) is 2.29. The van der Waals surface area contributed by atoms with Gasteiger partial charge in [0.15, 0.2) is 0 Å². The number of halogens is 1. The highest BCUT2D eigenvalue weighted by Gasteiger charge is 2.28. The number of rotatable bonds is 3. The molecule has 0 spiro atoms. The first-order valence-electron chi connectivity index (χ1n) is 7.56. The summed E-state index contributed by atoms with van der Waals surface area (Å²) in [7, 11) is 0. The van der Waals surface area contributed by atoms with Crippen LogP contribution in [0.15, 0.2) is 22.7 Å². The Morgan fingerprint density at radius 3 is 3.05 bits per heavy atom. The molecule has 0 saturated carbocycles. The average Bonchev–Trinajstić information content (AvgIpc) is 2.68. The number of aliphatic hydroxyl groups is 1. The molecule has 20 heavy (non-hydrogen) atoms. The van der Waals surface area contributed by atoms with Crippen molar-refractivity contribution in [2.24, 2.45) is 0 Å². The molecule has 2 unspecified atom stereocenters. The number of nitrogens with zero attached hydrogens (tertiary/aromatic N) is 1. The van der Waals surface area contributed by atoms with Crippen molar-refractivity contribution in [3.05, 3.63) is 28.2 Å². The predicted molar refractivity (Wildman–Crippen MR) is 83.2 cm³/mol. The maximum atomic E-state index is 9.58. The highest BCUT2D eigenvalue weighted by molar-refractivity contribution is 9.10. The molecule has 110 valence electrons. The Hall–Kier alpha value is -0.580. The van der Waals surface area contributed by atoms with Crippen molar-refractivity contribution in [2.75, 3.05) is 19.7 Å². The Kier molecular flexibility index (Phi) is 4.64. The Morgan fingerprint density at radius 1 is 1.30 bits per heavy atom. The molecule has 0 amide bonds. The van der Waals surface area contributed by atoms with Gasteiger partial charge in [-0.1, -0.05) is 28.8 Å².